The summed E-state index contributed by atoms with van der Waals surface area (Å²) in [6.45, 7) is 0. The number of hydrazine groups is 1. The monoisotopic (exact) mass is 297 g/mol. The average Bonchev–Trinajstić information content (AvgIpc) is 3.04. The van der Waals surface area contributed by atoms with E-state index < -0.39 is 0 Å². The van der Waals surface area contributed by atoms with E-state index in [9.17, 15) is 4.79 Å². The van der Waals surface area contributed by atoms with Crippen molar-refractivity contribution in [3.8, 4) is 5.75 Å². The molecule has 0 spiro atoms. The van der Waals surface area contributed by atoms with Crippen LogP contribution in [0.2, 0.25) is 0 Å². The summed E-state index contributed by atoms with van der Waals surface area (Å²) in [5.74, 6) is 0.555. The Morgan fingerprint density at radius 1 is 1.14 bits per heavy atom. The molecule has 2 aromatic carbocycles. The second-order valence-electron chi connectivity index (χ2n) is 5.25. The highest BCUT2D eigenvalue weighted by molar-refractivity contribution is 5.94. The Hall–Kier alpha value is -2.37. The third-order valence-corrected chi connectivity index (χ3v) is 3.74. The van der Waals surface area contributed by atoms with Crippen molar-refractivity contribution in [2.24, 2.45) is 0 Å². The Morgan fingerprint density at radius 3 is 2.73 bits per heavy atom. The molecule has 2 atom stereocenters. The first-order chi connectivity index (χ1) is 10.8. The summed E-state index contributed by atoms with van der Waals surface area (Å²) in [7, 11) is 1.59. The molecule has 0 aromatic heterocycles. The van der Waals surface area contributed by atoms with Crippen molar-refractivity contribution in [3.05, 3.63) is 65.7 Å². The van der Waals surface area contributed by atoms with Crippen LogP contribution in [0.5, 0.6) is 5.75 Å². The molecule has 3 rings (SSSR count). The molecule has 1 aliphatic rings. The van der Waals surface area contributed by atoms with E-state index in [0.29, 0.717) is 11.3 Å². The van der Waals surface area contributed by atoms with Crippen LogP contribution in [0.1, 0.15) is 28.4 Å². The van der Waals surface area contributed by atoms with Crippen molar-refractivity contribution in [2.45, 2.75) is 18.6 Å². The third kappa shape index (κ3) is 3.27. The zero-order chi connectivity index (χ0) is 15.4. The number of rotatable bonds is 4. The first kappa shape index (κ1) is 14.6. The summed E-state index contributed by atoms with van der Waals surface area (Å²) in [4.78, 5) is 12.3. The van der Waals surface area contributed by atoms with Crippen LogP contribution in [0.25, 0.3) is 0 Å². The van der Waals surface area contributed by atoms with Gasteiger partial charge in [0.2, 0.25) is 0 Å². The predicted molar refractivity (Wildman–Crippen MR) is 84.3 cm³/mol. The van der Waals surface area contributed by atoms with Gasteiger partial charge in [-0.3, -0.25) is 4.79 Å². The zero-order valence-electron chi connectivity index (χ0n) is 12.4. The number of carbonyl (C=O) groups is 1. The minimum atomic E-state index is -0.119. The van der Waals surface area contributed by atoms with Gasteiger partial charge in [0.05, 0.1) is 13.3 Å². The first-order valence-electron chi connectivity index (χ1n) is 7.27. The number of carbonyl (C=O) groups excluding carboxylic acids is 1. The highest BCUT2D eigenvalue weighted by Crippen LogP contribution is 2.21. The molecule has 0 bridgehead atoms. The van der Waals surface area contributed by atoms with Crippen LogP contribution in [-0.4, -0.2) is 19.2 Å². The zero-order valence-corrected chi connectivity index (χ0v) is 12.4. The summed E-state index contributed by atoms with van der Waals surface area (Å²) >= 11 is 0. The van der Waals surface area contributed by atoms with Gasteiger partial charge in [0.1, 0.15) is 5.75 Å². The van der Waals surface area contributed by atoms with E-state index >= 15 is 0 Å². The molecule has 0 saturated carbocycles. The molecule has 0 radical (unpaired) electrons. The fourth-order valence-corrected chi connectivity index (χ4v) is 2.56. The second kappa shape index (κ2) is 6.60. The number of amides is 1. The Bertz CT molecular complexity index is 645. The van der Waals surface area contributed by atoms with E-state index in [1.165, 1.54) is 5.56 Å². The maximum atomic E-state index is 12.3. The third-order valence-electron chi connectivity index (χ3n) is 3.74. The minimum Gasteiger partial charge on any atom is -0.497 e. The Morgan fingerprint density at radius 2 is 1.95 bits per heavy atom. The Kier molecular flexibility index (Phi) is 4.37. The molecule has 0 aliphatic carbocycles. The lowest BCUT2D eigenvalue weighted by atomic mass is 10.0. The SMILES string of the molecule is COc1cccc(C(=O)NC2CC(c3ccccc3)NN2)c1. The van der Waals surface area contributed by atoms with Gasteiger partial charge in [0.15, 0.2) is 0 Å². The second-order valence-corrected chi connectivity index (χ2v) is 5.25. The molecule has 114 valence electrons. The predicted octanol–water partition coefficient (Wildman–Crippen LogP) is 1.99. The molecule has 1 saturated heterocycles. The highest BCUT2D eigenvalue weighted by atomic mass is 16.5. The van der Waals surface area contributed by atoms with Gasteiger partial charge >= 0.3 is 0 Å². The number of methoxy groups -OCH3 is 1. The molecule has 1 heterocycles. The molecular weight excluding hydrogens is 278 g/mol. The molecule has 5 heteroatoms. The van der Waals surface area contributed by atoms with Gasteiger partial charge in [-0.15, -0.1) is 0 Å². The van der Waals surface area contributed by atoms with Crippen molar-refractivity contribution < 1.29 is 9.53 Å². The van der Waals surface area contributed by atoms with Gasteiger partial charge in [-0.1, -0.05) is 36.4 Å². The molecule has 1 aliphatic heterocycles. The summed E-state index contributed by atoms with van der Waals surface area (Å²) in [5, 5.41) is 2.98. The van der Waals surface area contributed by atoms with Crippen molar-refractivity contribution in [3.63, 3.8) is 0 Å². The molecular formula is C17H19N3O2. The maximum absolute atomic E-state index is 12.3. The van der Waals surface area contributed by atoms with Crippen molar-refractivity contribution in [1.82, 2.24) is 16.2 Å². The van der Waals surface area contributed by atoms with Crippen LogP contribution in [0, 0.1) is 0 Å². The van der Waals surface area contributed by atoms with Gasteiger partial charge in [-0.25, -0.2) is 10.9 Å². The van der Waals surface area contributed by atoms with Crippen LogP contribution < -0.4 is 20.9 Å². The minimum absolute atomic E-state index is 0.107. The molecule has 1 amide bonds. The van der Waals surface area contributed by atoms with Gasteiger partial charge in [-0.2, -0.15) is 0 Å². The van der Waals surface area contributed by atoms with Crippen LogP contribution in [-0.2, 0) is 0 Å². The van der Waals surface area contributed by atoms with E-state index in [1.54, 1.807) is 25.3 Å². The number of hydrogen-bond acceptors (Lipinski definition) is 4. The summed E-state index contributed by atoms with van der Waals surface area (Å²) in [6.07, 6.45) is 0.684. The van der Waals surface area contributed by atoms with Crippen LogP contribution in [0.15, 0.2) is 54.6 Å². The van der Waals surface area contributed by atoms with Gasteiger partial charge < -0.3 is 10.1 Å². The number of hydrogen-bond donors (Lipinski definition) is 3. The fraction of sp³-hybridized carbons (Fsp3) is 0.235. The lowest BCUT2D eigenvalue weighted by Crippen LogP contribution is -2.44. The Labute approximate surface area is 129 Å². The van der Waals surface area contributed by atoms with Crippen molar-refractivity contribution >= 4 is 5.91 Å². The summed E-state index contributed by atoms with van der Waals surface area (Å²) < 4.78 is 5.14. The largest absolute Gasteiger partial charge is 0.497 e. The molecule has 22 heavy (non-hydrogen) atoms. The smallest absolute Gasteiger partial charge is 0.252 e. The highest BCUT2D eigenvalue weighted by Gasteiger charge is 2.26. The van der Waals surface area contributed by atoms with Crippen LogP contribution in [0.4, 0.5) is 0 Å². The van der Waals surface area contributed by atoms with E-state index in [-0.39, 0.29) is 18.1 Å². The van der Waals surface area contributed by atoms with Crippen LogP contribution in [0.3, 0.4) is 0 Å². The standard InChI is InChI=1S/C17H19N3O2/c1-22-14-9-5-8-13(10-14)17(21)18-16-11-15(19-20-16)12-6-3-2-4-7-12/h2-10,15-16,19-20H,11H2,1H3,(H,18,21). The van der Waals surface area contributed by atoms with Crippen LogP contribution >= 0.6 is 0 Å². The topological polar surface area (TPSA) is 62.4 Å². The quantitative estimate of drug-likeness (QED) is 0.807. The number of benzene rings is 2. The normalized spacial score (nSPS) is 20.6. The van der Waals surface area contributed by atoms with E-state index in [0.717, 1.165) is 6.42 Å². The van der Waals surface area contributed by atoms with Gasteiger partial charge in [0, 0.05) is 18.0 Å². The summed E-state index contributed by atoms with van der Waals surface area (Å²) in [5.41, 5.74) is 8.12. The molecule has 5 nitrogen and oxygen atoms in total. The van der Waals surface area contributed by atoms with E-state index in [1.807, 2.05) is 24.3 Å². The number of ether oxygens (including phenoxy) is 1. The van der Waals surface area contributed by atoms with Gasteiger partial charge in [0.25, 0.3) is 5.91 Å². The molecule has 2 unspecified atom stereocenters. The molecule has 1 fully saturated rings. The summed E-state index contributed by atoms with van der Waals surface area (Å²) in [6, 6.07) is 17.5. The lowest BCUT2D eigenvalue weighted by molar-refractivity contribution is 0.0932. The average molecular weight is 297 g/mol. The maximum Gasteiger partial charge on any atom is 0.252 e. The van der Waals surface area contributed by atoms with E-state index in [2.05, 4.69) is 28.3 Å². The Balaban J connectivity index is 1.61. The van der Waals surface area contributed by atoms with Crippen molar-refractivity contribution in [2.75, 3.05) is 7.11 Å². The fourth-order valence-electron chi connectivity index (χ4n) is 2.56. The first-order valence-corrected chi connectivity index (χ1v) is 7.27. The molecule has 3 N–H and O–H groups in total. The van der Waals surface area contributed by atoms with Crippen molar-refractivity contribution in [1.29, 1.82) is 0 Å². The number of nitrogens with one attached hydrogen (secondary N) is 3. The van der Waals surface area contributed by atoms with E-state index in [4.69, 9.17) is 4.74 Å². The molecule has 2 aromatic rings. The van der Waals surface area contributed by atoms with Gasteiger partial charge in [-0.05, 0) is 23.8 Å². The lowest BCUT2D eigenvalue weighted by Gasteiger charge is -2.12.